The molecule has 15 heavy (non-hydrogen) atoms. The van der Waals surface area contributed by atoms with Crippen molar-refractivity contribution in [1.82, 2.24) is 15.0 Å². The van der Waals surface area contributed by atoms with Crippen LogP contribution in [-0.2, 0) is 6.42 Å². The van der Waals surface area contributed by atoms with Gasteiger partial charge in [-0.05, 0) is 23.8 Å². The SMILES string of the molecule is OC(Cc1ccncc1)c1ncccn1. The Morgan fingerprint density at radius 3 is 2.40 bits per heavy atom. The van der Waals surface area contributed by atoms with Crippen LogP contribution in [0.15, 0.2) is 43.0 Å². The molecular weight excluding hydrogens is 190 g/mol. The lowest BCUT2D eigenvalue weighted by atomic mass is 10.1. The van der Waals surface area contributed by atoms with E-state index in [-0.39, 0.29) is 0 Å². The molecular formula is C11H11N3O. The maximum absolute atomic E-state index is 9.83. The van der Waals surface area contributed by atoms with Crippen LogP contribution in [0.25, 0.3) is 0 Å². The van der Waals surface area contributed by atoms with Gasteiger partial charge >= 0.3 is 0 Å². The first kappa shape index (κ1) is 9.73. The molecule has 2 aromatic heterocycles. The summed E-state index contributed by atoms with van der Waals surface area (Å²) in [7, 11) is 0. The van der Waals surface area contributed by atoms with Crippen LogP contribution in [0.5, 0.6) is 0 Å². The minimum absolute atomic E-state index is 0.453. The summed E-state index contributed by atoms with van der Waals surface area (Å²) >= 11 is 0. The predicted molar refractivity (Wildman–Crippen MR) is 54.9 cm³/mol. The van der Waals surface area contributed by atoms with Crippen LogP contribution in [0, 0.1) is 0 Å². The smallest absolute Gasteiger partial charge is 0.157 e. The third-order valence-electron chi connectivity index (χ3n) is 2.06. The monoisotopic (exact) mass is 201 g/mol. The summed E-state index contributed by atoms with van der Waals surface area (Å²) in [5, 5.41) is 9.83. The van der Waals surface area contributed by atoms with Gasteiger partial charge in [-0.15, -0.1) is 0 Å². The van der Waals surface area contributed by atoms with Gasteiger partial charge in [0.05, 0.1) is 0 Å². The highest BCUT2D eigenvalue weighted by Gasteiger charge is 2.10. The van der Waals surface area contributed by atoms with Crippen LogP contribution >= 0.6 is 0 Å². The fourth-order valence-electron chi connectivity index (χ4n) is 1.32. The molecule has 0 aliphatic heterocycles. The minimum atomic E-state index is -0.659. The van der Waals surface area contributed by atoms with Crippen molar-refractivity contribution in [3.63, 3.8) is 0 Å². The fraction of sp³-hybridized carbons (Fsp3) is 0.182. The highest BCUT2D eigenvalue weighted by Crippen LogP contribution is 2.12. The second kappa shape index (κ2) is 4.61. The Morgan fingerprint density at radius 1 is 1.07 bits per heavy atom. The Labute approximate surface area is 87.7 Å². The van der Waals surface area contributed by atoms with E-state index in [1.807, 2.05) is 12.1 Å². The molecule has 0 aliphatic carbocycles. The van der Waals surface area contributed by atoms with E-state index in [1.165, 1.54) is 0 Å². The highest BCUT2D eigenvalue weighted by molar-refractivity contribution is 5.12. The largest absolute Gasteiger partial charge is 0.385 e. The number of hydrogen-bond donors (Lipinski definition) is 1. The fourth-order valence-corrected chi connectivity index (χ4v) is 1.32. The van der Waals surface area contributed by atoms with Gasteiger partial charge in [-0.1, -0.05) is 0 Å². The van der Waals surface area contributed by atoms with Gasteiger partial charge in [0.2, 0.25) is 0 Å². The van der Waals surface area contributed by atoms with Crippen molar-refractivity contribution >= 4 is 0 Å². The Morgan fingerprint density at radius 2 is 1.73 bits per heavy atom. The van der Waals surface area contributed by atoms with Crippen LogP contribution in [0.3, 0.4) is 0 Å². The third kappa shape index (κ3) is 2.57. The van der Waals surface area contributed by atoms with Crippen molar-refractivity contribution in [2.24, 2.45) is 0 Å². The van der Waals surface area contributed by atoms with E-state index in [0.29, 0.717) is 12.2 Å². The molecule has 4 nitrogen and oxygen atoms in total. The summed E-state index contributed by atoms with van der Waals surface area (Å²) in [5.74, 6) is 0.453. The van der Waals surface area contributed by atoms with Gasteiger partial charge in [-0.2, -0.15) is 0 Å². The average molecular weight is 201 g/mol. The van der Waals surface area contributed by atoms with Crippen molar-refractivity contribution in [3.8, 4) is 0 Å². The Hall–Kier alpha value is -1.81. The topological polar surface area (TPSA) is 58.9 Å². The van der Waals surface area contributed by atoms with Gasteiger partial charge in [0.1, 0.15) is 6.10 Å². The molecule has 2 rings (SSSR count). The number of aliphatic hydroxyl groups is 1. The van der Waals surface area contributed by atoms with Gasteiger partial charge < -0.3 is 5.11 Å². The molecule has 0 amide bonds. The zero-order chi connectivity index (χ0) is 10.5. The van der Waals surface area contributed by atoms with Gasteiger partial charge in [0, 0.05) is 31.2 Å². The summed E-state index contributed by atoms with van der Waals surface area (Å²) in [4.78, 5) is 11.9. The van der Waals surface area contributed by atoms with Crippen molar-refractivity contribution in [2.75, 3.05) is 0 Å². The molecule has 0 saturated carbocycles. The molecule has 0 fully saturated rings. The number of nitrogens with zero attached hydrogens (tertiary/aromatic N) is 3. The van der Waals surface area contributed by atoms with Crippen LogP contribution in [0.4, 0.5) is 0 Å². The molecule has 76 valence electrons. The first-order chi connectivity index (χ1) is 7.36. The predicted octanol–water partition coefficient (Wildman–Crippen LogP) is 1.15. The first-order valence-electron chi connectivity index (χ1n) is 4.70. The zero-order valence-electron chi connectivity index (χ0n) is 8.11. The van der Waals surface area contributed by atoms with E-state index in [1.54, 1.807) is 30.9 Å². The van der Waals surface area contributed by atoms with E-state index in [4.69, 9.17) is 0 Å². The molecule has 0 aromatic carbocycles. The number of aromatic nitrogens is 3. The van der Waals surface area contributed by atoms with Crippen molar-refractivity contribution < 1.29 is 5.11 Å². The molecule has 0 aliphatic rings. The molecule has 1 atom stereocenters. The van der Waals surface area contributed by atoms with E-state index in [2.05, 4.69) is 15.0 Å². The van der Waals surface area contributed by atoms with E-state index in [9.17, 15) is 5.11 Å². The van der Waals surface area contributed by atoms with Crippen LogP contribution in [0.2, 0.25) is 0 Å². The number of hydrogen-bond acceptors (Lipinski definition) is 4. The van der Waals surface area contributed by atoms with Crippen LogP contribution < -0.4 is 0 Å². The summed E-state index contributed by atoms with van der Waals surface area (Å²) in [6.07, 6.45) is 6.50. The van der Waals surface area contributed by atoms with E-state index < -0.39 is 6.10 Å². The summed E-state index contributed by atoms with van der Waals surface area (Å²) in [5.41, 5.74) is 1.02. The van der Waals surface area contributed by atoms with Crippen molar-refractivity contribution in [2.45, 2.75) is 12.5 Å². The lowest BCUT2D eigenvalue weighted by Gasteiger charge is -2.08. The second-order valence-corrected chi connectivity index (χ2v) is 3.18. The quantitative estimate of drug-likeness (QED) is 0.809. The Balaban J connectivity index is 2.08. The van der Waals surface area contributed by atoms with Gasteiger partial charge in [-0.3, -0.25) is 4.98 Å². The lowest BCUT2D eigenvalue weighted by Crippen LogP contribution is -2.06. The molecule has 1 unspecified atom stereocenters. The van der Waals surface area contributed by atoms with Gasteiger partial charge in [-0.25, -0.2) is 9.97 Å². The summed E-state index contributed by atoms with van der Waals surface area (Å²) in [6.45, 7) is 0. The molecule has 1 N–H and O–H groups in total. The third-order valence-corrected chi connectivity index (χ3v) is 2.06. The normalized spacial score (nSPS) is 12.3. The summed E-state index contributed by atoms with van der Waals surface area (Å²) < 4.78 is 0. The van der Waals surface area contributed by atoms with Gasteiger partial charge in [0.25, 0.3) is 0 Å². The molecule has 4 heteroatoms. The lowest BCUT2D eigenvalue weighted by molar-refractivity contribution is 0.168. The molecule has 0 spiro atoms. The zero-order valence-corrected chi connectivity index (χ0v) is 8.11. The maximum atomic E-state index is 9.83. The molecule has 0 saturated heterocycles. The second-order valence-electron chi connectivity index (χ2n) is 3.18. The minimum Gasteiger partial charge on any atom is -0.385 e. The maximum Gasteiger partial charge on any atom is 0.157 e. The standard InChI is InChI=1S/C11H11N3O/c15-10(11-13-4-1-5-14-11)8-9-2-6-12-7-3-9/h1-7,10,15H,8H2. The number of rotatable bonds is 3. The van der Waals surface area contributed by atoms with Crippen molar-refractivity contribution in [3.05, 3.63) is 54.4 Å². The van der Waals surface area contributed by atoms with Crippen LogP contribution in [0.1, 0.15) is 17.5 Å². The highest BCUT2D eigenvalue weighted by atomic mass is 16.3. The number of pyridine rings is 1. The molecule has 2 heterocycles. The Bertz CT molecular complexity index is 405. The molecule has 2 aromatic rings. The number of aliphatic hydroxyl groups excluding tert-OH is 1. The molecule has 0 bridgehead atoms. The van der Waals surface area contributed by atoms with Crippen molar-refractivity contribution in [1.29, 1.82) is 0 Å². The summed E-state index contributed by atoms with van der Waals surface area (Å²) in [6, 6.07) is 5.46. The van der Waals surface area contributed by atoms with E-state index in [0.717, 1.165) is 5.56 Å². The van der Waals surface area contributed by atoms with Gasteiger partial charge in [0.15, 0.2) is 5.82 Å². The van der Waals surface area contributed by atoms with E-state index >= 15 is 0 Å². The average Bonchev–Trinajstić information content (AvgIpc) is 2.31. The van der Waals surface area contributed by atoms with Crippen LogP contribution in [-0.4, -0.2) is 20.1 Å². The first-order valence-corrected chi connectivity index (χ1v) is 4.70. The Kier molecular flexibility index (Phi) is 2.99. The molecule has 0 radical (unpaired) electrons.